The number of phenols is 1. The smallest absolute Gasteiger partial charge is 0.127 e. The second kappa shape index (κ2) is 8.67. The number of ether oxygens (including phenoxy) is 1. The monoisotopic (exact) mass is 300 g/mol. The van der Waals surface area contributed by atoms with Gasteiger partial charge in [-0.25, -0.2) is 0 Å². The van der Waals surface area contributed by atoms with Crippen molar-refractivity contribution in [2.45, 2.75) is 58.8 Å². The third kappa shape index (κ3) is 4.16. The van der Waals surface area contributed by atoms with E-state index in [4.69, 9.17) is 4.74 Å². The highest BCUT2D eigenvalue weighted by Gasteiger charge is 2.08. The molecule has 2 aromatic carbocycles. The summed E-state index contributed by atoms with van der Waals surface area (Å²) in [5, 5.41) is 12.2. The molecule has 0 aromatic heterocycles. The van der Waals surface area contributed by atoms with Gasteiger partial charge in [0.15, 0.2) is 0 Å². The second-order valence-corrected chi connectivity index (χ2v) is 5.89. The molecule has 120 valence electrons. The Morgan fingerprint density at radius 1 is 0.864 bits per heavy atom. The summed E-state index contributed by atoms with van der Waals surface area (Å²) in [5.74, 6) is 1.27. The Balaban J connectivity index is 1.96. The van der Waals surface area contributed by atoms with Crippen LogP contribution in [0.1, 0.15) is 57.9 Å². The number of aromatic hydroxyl groups is 1. The lowest BCUT2D eigenvalue weighted by molar-refractivity contribution is 0.307. The van der Waals surface area contributed by atoms with Crippen LogP contribution in [0.3, 0.4) is 0 Å². The van der Waals surface area contributed by atoms with Crippen LogP contribution < -0.4 is 4.74 Å². The fourth-order valence-electron chi connectivity index (χ4n) is 2.83. The zero-order valence-corrected chi connectivity index (χ0v) is 13.9. The molecule has 22 heavy (non-hydrogen) atoms. The molecular weight excluding hydrogens is 272 g/mol. The molecule has 0 fully saturated rings. The molecule has 0 aliphatic carbocycles. The molecule has 0 spiro atoms. The molecule has 2 heteroatoms. The van der Waals surface area contributed by atoms with E-state index in [1.807, 2.05) is 24.3 Å². The van der Waals surface area contributed by atoms with Crippen molar-refractivity contribution < 1.29 is 9.84 Å². The quantitative estimate of drug-likeness (QED) is 0.589. The zero-order valence-electron chi connectivity index (χ0n) is 13.9. The van der Waals surface area contributed by atoms with E-state index in [9.17, 15) is 5.11 Å². The largest absolute Gasteiger partial charge is 0.507 e. The minimum absolute atomic E-state index is 0.394. The molecule has 0 aliphatic rings. The van der Waals surface area contributed by atoms with Gasteiger partial charge in [0, 0.05) is 10.8 Å². The molecule has 2 rings (SSSR count). The Bertz CT molecular complexity index is 590. The lowest BCUT2D eigenvalue weighted by Gasteiger charge is -2.12. The minimum atomic E-state index is 0.394. The Morgan fingerprint density at radius 3 is 2.41 bits per heavy atom. The predicted molar refractivity (Wildman–Crippen MR) is 93.9 cm³/mol. The van der Waals surface area contributed by atoms with Gasteiger partial charge in [0.25, 0.3) is 0 Å². The van der Waals surface area contributed by atoms with Gasteiger partial charge in [0.2, 0.25) is 0 Å². The van der Waals surface area contributed by atoms with E-state index in [-0.39, 0.29) is 0 Å². The Morgan fingerprint density at radius 2 is 1.64 bits per heavy atom. The van der Waals surface area contributed by atoms with Crippen molar-refractivity contribution in [2.75, 3.05) is 6.61 Å². The summed E-state index contributed by atoms with van der Waals surface area (Å²) < 4.78 is 5.94. The summed E-state index contributed by atoms with van der Waals surface area (Å²) in [5.41, 5.74) is 0.987. The molecule has 0 unspecified atom stereocenters. The molecule has 0 radical (unpaired) electrons. The molecule has 0 aliphatic heterocycles. The van der Waals surface area contributed by atoms with E-state index in [2.05, 4.69) is 19.9 Å². The Labute approximate surface area is 134 Å². The average molecular weight is 300 g/mol. The number of rotatable bonds is 9. The van der Waals surface area contributed by atoms with E-state index in [1.54, 1.807) is 0 Å². The SMILES string of the molecule is CCCCCCCCOc1cccc2c(O)c(CC)ccc12. The highest BCUT2D eigenvalue weighted by atomic mass is 16.5. The van der Waals surface area contributed by atoms with Gasteiger partial charge in [-0.3, -0.25) is 0 Å². The van der Waals surface area contributed by atoms with E-state index in [0.29, 0.717) is 5.75 Å². The van der Waals surface area contributed by atoms with E-state index >= 15 is 0 Å². The first-order valence-corrected chi connectivity index (χ1v) is 8.64. The highest BCUT2D eigenvalue weighted by Crippen LogP contribution is 2.34. The minimum Gasteiger partial charge on any atom is -0.507 e. The van der Waals surface area contributed by atoms with Crippen LogP contribution in [0.15, 0.2) is 30.3 Å². The summed E-state index contributed by atoms with van der Waals surface area (Å²) in [4.78, 5) is 0. The number of hydrogen-bond acceptors (Lipinski definition) is 2. The van der Waals surface area contributed by atoms with Gasteiger partial charge in [-0.15, -0.1) is 0 Å². The van der Waals surface area contributed by atoms with Crippen molar-refractivity contribution in [1.29, 1.82) is 0 Å². The van der Waals surface area contributed by atoms with Crippen LogP contribution in [0.2, 0.25) is 0 Å². The number of unbranched alkanes of at least 4 members (excludes halogenated alkanes) is 5. The molecule has 0 atom stereocenters. The van der Waals surface area contributed by atoms with Crippen LogP contribution in [-0.4, -0.2) is 11.7 Å². The number of phenolic OH excluding ortho intramolecular Hbond substituents is 1. The fourth-order valence-corrected chi connectivity index (χ4v) is 2.83. The van der Waals surface area contributed by atoms with Crippen molar-refractivity contribution in [1.82, 2.24) is 0 Å². The van der Waals surface area contributed by atoms with Gasteiger partial charge < -0.3 is 9.84 Å². The van der Waals surface area contributed by atoms with Crippen LogP contribution in [0, 0.1) is 0 Å². The summed E-state index contributed by atoms with van der Waals surface area (Å²) in [6.07, 6.45) is 8.42. The van der Waals surface area contributed by atoms with E-state index in [0.717, 1.165) is 41.5 Å². The molecule has 0 saturated carbocycles. The van der Waals surface area contributed by atoms with Gasteiger partial charge in [-0.05, 0) is 24.5 Å². The standard InChI is InChI=1S/C20H28O2/c1-3-5-6-7-8-9-15-22-19-12-10-11-18-17(19)14-13-16(4-2)20(18)21/h10-14,21H,3-9,15H2,1-2H3. The van der Waals surface area contributed by atoms with Crippen LogP contribution in [0.5, 0.6) is 11.5 Å². The normalized spacial score (nSPS) is 11.0. The van der Waals surface area contributed by atoms with Crippen LogP contribution in [0.4, 0.5) is 0 Å². The van der Waals surface area contributed by atoms with Gasteiger partial charge >= 0.3 is 0 Å². The van der Waals surface area contributed by atoms with Crippen molar-refractivity contribution in [2.24, 2.45) is 0 Å². The fraction of sp³-hybridized carbons (Fsp3) is 0.500. The van der Waals surface area contributed by atoms with Crippen molar-refractivity contribution in [3.05, 3.63) is 35.9 Å². The van der Waals surface area contributed by atoms with Crippen molar-refractivity contribution in [3.8, 4) is 11.5 Å². The van der Waals surface area contributed by atoms with Crippen molar-refractivity contribution in [3.63, 3.8) is 0 Å². The molecular formula is C20H28O2. The van der Waals surface area contributed by atoms with Gasteiger partial charge in [-0.2, -0.15) is 0 Å². The first-order valence-electron chi connectivity index (χ1n) is 8.64. The maximum atomic E-state index is 10.3. The van der Waals surface area contributed by atoms with Crippen LogP contribution in [-0.2, 0) is 6.42 Å². The molecule has 0 saturated heterocycles. The number of hydrogen-bond donors (Lipinski definition) is 1. The Hall–Kier alpha value is -1.70. The average Bonchev–Trinajstić information content (AvgIpc) is 2.55. The van der Waals surface area contributed by atoms with Crippen molar-refractivity contribution >= 4 is 10.8 Å². The van der Waals surface area contributed by atoms with E-state index < -0.39 is 0 Å². The number of fused-ring (bicyclic) bond motifs is 1. The maximum absolute atomic E-state index is 10.3. The summed E-state index contributed by atoms with van der Waals surface area (Å²) in [6.45, 7) is 5.05. The van der Waals surface area contributed by atoms with E-state index in [1.165, 1.54) is 32.1 Å². The first-order chi connectivity index (χ1) is 10.8. The summed E-state index contributed by atoms with van der Waals surface area (Å²) in [6, 6.07) is 9.96. The molecule has 2 nitrogen and oxygen atoms in total. The maximum Gasteiger partial charge on any atom is 0.127 e. The topological polar surface area (TPSA) is 29.5 Å². The third-order valence-electron chi connectivity index (χ3n) is 4.21. The van der Waals surface area contributed by atoms with Gasteiger partial charge in [0.05, 0.1) is 6.61 Å². The van der Waals surface area contributed by atoms with Gasteiger partial charge in [0.1, 0.15) is 11.5 Å². The van der Waals surface area contributed by atoms with Crippen LogP contribution >= 0.6 is 0 Å². The van der Waals surface area contributed by atoms with Gasteiger partial charge in [-0.1, -0.05) is 70.2 Å². The summed E-state index contributed by atoms with van der Waals surface area (Å²) in [7, 11) is 0. The molecule has 2 aromatic rings. The highest BCUT2D eigenvalue weighted by molar-refractivity contribution is 5.93. The Kier molecular flexibility index (Phi) is 6.57. The summed E-state index contributed by atoms with van der Waals surface area (Å²) >= 11 is 0. The zero-order chi connectivity index (χ0) is 15.8. The molecule has 1 N–H and O–H groups in total. The third-order valence-corrected chi connectivity index (χ3v) is 4.21. The molecule has 0 amide bonds. The number of aryl methyl sites for hydroxylation is 1. The predicted octanol–water partition coefficient (Wildman–Crippen LogP) is 5.85. The first kappa shape index (κ1) is 16.7. The molecule has 0 bridgehead atoms. The lowest BCUT2D eigenvalue weighted by atomic mass is 10.0. The molecule has 0 heterocycles. The number of benzene rings is 2. The van der Waals surface area contributed by atoms with Crippen LogP contribution in [0.25, 0.3) is 10.8 Å². The second-order valence-electron chi connectivity index (χ2n) is 5.89. The lowest BCUT2D eigenvalue weighted by Crippen LogP contribution is -1.98.